The number of carbonyl (C=O) groups excluding carboxylic acids is 1. The van der Waals surface area contributed by atoms with Crippen LogP contribution in [0, 0.1) is 0 Å². The molecule has 0 unspecified atom stereocenters. The minimum absolute atomic E-state index is 0.0631. The van der Waals surface area contributed by atoms with Gasteiger partial charge in [0.15, 0.2) is 29.2 Å². The zero-order valence-corrected chi connectivity index (χ0v) is 14.7. The van der Waals surface area contributed by atoms with Gasteiger partial charge in [0.1, 0.15) is 23.8 Å². The van der Waals surface area contributed by atoms with Crippen LogP contribution in [-0.2, 0) is 9.53 Å². The molecule has 0 radical (unpaired) electrons. The van der Waals surface area contributed by atoms with Crippen molar-refractivity contribution in [2.24, 2.45) is 0 Å². The first-order valence-electron chi connectivity index (χ1n) is 8.31. The van der Waals surface area contributed by atoms with E-state index in [1.165, 1.54) is 22.0 Å². The van der Waals surface area contributed by atoms with Crippen molar-refractivity contribution in [3.05, 3.63) is 12.5 Å². The molecule has 4 heterocycles. The van der Waals surface area contributed by atoms with Crippen molar-refractivity contribution in [2.75, 3.05) is 24.3 Å². The molecule has 148 valence electrons. The molecule has 1 fully saturated rings. The second-order valence-electron chi connectivity index (χ2n) is 6.32. The van der Waals surface area contributed by atoms with E-state index in [-0.39, 0.29) is 28.5 Å². The molecular weight excluding hydrogens is 372 g/mol. The van der Waals surface area contributed by atoms with E-state index in [4.69, 9.17) is 10.5 Å². The van der Waals surface area contributed by atoms with Crippen molar-refractivity contribution >= 4 is 29.1 Å². The normalized spacial score (nSPS) is 24.7. The molecule has 0 aromatic carbocycles. The van der Waals surface area contributed by atoms with E-state index in [1.54, 1.807) is 7.05 Å². The molecule has 4 rings (SSSR count). The van der Waals surface area contributed by atoms with Crippen LogP contribution in [0.5, 0.6) is 0 Å². The summed E-state index contributed by atoms with van der Waals surface area (Å²) < 4.78 is 6.93. The third-order valence-electron chi connectivity index (χ3n) is 4.61. The van der Waals surface area contributed by atoms with Crippen LogP contribution in [0.25, 0.3) is 22.7 Å². The van der Waals surface area contributed by atoms with Gasteiger partial charge in [-0.2, -0.15) is 5.10 Å². The second-order valence-corrected chi connectivity index (χ2v) is 6.32. The van der Waals surface area contributed by atoms with Crippen molar-refractivity contribution < 1.29 is 24.9 Å². The van der Waals surface area contributed by atoms with Crippen LogP contribution in [0.15, 0.2) is 12.5 Å². The Bertz CT molecular complexity index is 1020. The summed E-state index contributed by atoms with van der Waals surface area (Å²) in [7, 11) is 1.55. The van der Waals surface area contributed by atoms with Crippen LogP contribution in [-0.4, -0.2) is 83.4 Å². The Morgan fingerprint density at radius 1 is 1.39 bits per heavy atom. The number of imidazole rings is 1. The predicted octanol–water partition coefficient (Wildman–Crippen LogP) is -2.00. The lowest BCUT2D eigenvalue weighted by Crippen LogP contribution is -2.33. The van der Waals surface area contributed by atoms with E-state index in [2.05, 4.69) is 25.1 Å². The maximum Gasteiger partial charge on any atom is 0.213 e. The van der Waals surface area contributed by atoms with Crippen LogP contribution in [0.4, 0.5) is 11.5 Å². The fourth-order valence-electron chi connectivity index (χ4n) is 3.11. The van der Waals surface area contributed by atoms with Crippen molar-refractivity contribution in [3.63, 3.8) is 0 Å². The summed E-state index contributed by atoms with van der Waals surface area (Å²) >= 11 is 0. The highest BCUT2D eigenvalue weighted by molar-refractivity contribution is 5.87. The summed E-state index contributed by atoms with van der Waals surface area (Å²) in [5.41, 5.74) is 7.24. The van der Waals surface area contributed by atoms with E-state index < -0.39 is 31.1 Å². The number of fused-ring (bicyclic) bond motifs is 1. The number of anilines is 2. The number of nitrogens with one attached hydrogen (secondary N) is 1. The summed E-state index contributed by atoms with van der Waals surface area (Å²) in [4.78, 5) is 25.2. The number of nitrogens with two attached hydrogens (primary N) is 1. The molecule has 13 heteroatoms. The van der Waals surface area contributed by atoms with Crippen LogP contribution >= 0.6 is 0 Å². The lowest BCUT2D eigenvalue weighted by Gasteiger charge is -2.17. The number of hydrogen-bond acceptors (Lipinski definition) is 10. The number of carbonyl (C=O) groups is 1. The molecule has 0 aliphatic carbocycles. The molecule has 3 aromatic heterocycles. The van der Waals surface area contributed by atoms with Crippen molar-refractivity contribution in [2.45, 2.75) is 24.5 Å². The summed E-state index contributed by atoms with van der Waals surface area (Å²) in [6.45, 7) is -0.460. The fourth-order valence-corrected chi connectivity index (χ4v) is 3.11. The lowest BCUT2D eigenvalue weighted by molar-refractivity contribution is -0.107. The van der Waals surface area contributed by atoms with Crippen LogP contribution in [0.3, 0.4) is 0 Å². The third-order valence-corrected chi connectivity index (χ3v) is 4.61. The first-order valence-corrected chi connectivity index (χ1v) is 8.31. The van der Waals surface area contributed by atoms with Crippen molar-refractivity contribution in [1.82, 2.24) is 29.7 Å². The number of nitrogens with zero attached hydrogens (tertiary/aromatic N) is 6. The summed E-state index contributed by atoms with van der Waals surface area (Å²) in [6, 6.07) is 0. The molecule has 28 heavy (non-hydrogen) atoms. The maximum absolute atomic E-state index is 11.1. The first kappa shape index (κ1) is 18.2. The van der Waals surface area contributed by atoms with Gasteiger partial charge in [-0.25, -0.2) is 15.0 Å². The van der Waals surface area contributed by atoms with Gasteiger partial charge >= 0.3 is 0 Å². The largest absolute Gasteiger partial charge is 0.394 e. The quantitative estimate of drug-likeness (QED) is 0.305. The van der Waals surface area contributed by atoms with E-state index in [0.717, 1.165) is 0 Å². The molecule has 13 nitrogen and oxygen atoms in total. The number of ether oxygens (including phenoxy) is 1. The zero-order chi connectivity index (χ0) is 20.0. The molecular formula is C15H18N8O5. The summed E-state index contributed by atoms with van der Waals surface area (Å²) in [6.07, 6.45) is -1.09. The van der Waals surface area contributed by atoms with E-state index in [9.17, 15) is 20.1 Å². The number of aliphatic hydroxyl groups is 3. The molecule has 1 saturated heterocycles. The highest BCUT2D eigenvalue weighted by Crippen LogP contribution is 2.33. The van der Waals surface area contributed by atoms with Crippen molar-refractivity contribution in [1.29, 1.82) is 0 Å². The molecule has 1 amide bonds. The van der Waals surface area contributed by atoms with Gasteiger partial charge in [0.25, 0.3) is 0 Å². The van der Waals surface area contributed by atoms with Crippen LogP contribution < -0.4 is 10.6 Å². The molecule has 1 aliphatic heterocycles. The Kier molecular flexibility index (Phi) is 4.43. The Balaban J connectivity index is 1.82. The molecule has 4 atom stereocenters. The van der Waals surface area contributed by atoms with Gasteiger partial charge < -0.3 is 30.7 Å². The van der Waals surface area contributed by atoms with Gasteiger partial charge in [0.2, 0.25) is 6.41 Å². The molecule has 3 aromatic rings. The Labute approximate surface area is 157 Å². The molecule has 6 N–H and O–H groups in total. The van der Waals surface area contributed by atoms with Crippen LogP contribution in [0.1, 0.15) is 6.23 Å². The average Bonchev–Trinajstić information content (AvgIpc) is 3.40. The van der Waals surface area contributed by atoms with Gasteiger partial charge in [-0.3, -0.25) is 14.5 Å². The van der Waals surface area contributed by atoms with Gasteiger partial charge in [-0.05, 0) is 0 Å². The summed E-state index contributed by atoms with van der Waals surface area (Å²) in [5, 5.41) is 36.3. The Morgan fingerprint density at radius 2 is 2.18 bits per heavy atom. The number of aliphatic hydroxyl groups excluding tert-OH is 3. The minimum atomic E-state index is -1.31. The van der Waals surface area contributed by atoms with Gasteiger partial charge in [-0.1, -0.05) is 0 Å². The number of aromatic amines is 1. The Hall–Kier alpha value is -3.13. The minimum Gasteiger partial charge on any atom is -0.394 e. The van der Waals surface area contributed by atoms with Crippen LogP contribution in [0.2, 0.25) is 0 Å². The molecule has 0 spiro atoms. The fraction of sp³-hybridized carbons (Fsp3) is 0.400. The average molecular weight is 390 g/mol. The second kappa shape index (κ2) is 6.79. The van der Waals surface area contributed by atoms with E-state index in [0.29, 0.717) is 12.1 Å². The standard InChI is InChI=1S/C15H18N8O5/c1-22(5-25)6-2-18-21-8(6)13-19-12(16)9-14(20-13)23(4-17-9)15-11(27)10(26)7(3-24)28-15/h2,4-5,7,10-11,15,24,26-27H,3H2,1H3,(H,18,21)(H2,16,19,20)/t7-,10-,11-,15-/m1/s1. The first-order chi connectivity index (χ1) is 13.5. The third kappa shape index (κ3) is 2.68. The monoisotopic (exact) mass is 390 g/mol. The highest BCUT2D eigenvalue weighted by atomic mass is 16.6. The number of nitrogen functional groups attached to an aromatic ring is 1. The molecule has 0 saturated carbocycles. The maximum atomic E-state index is 11.1. The topological polar surface area (TPSA) is 189 Å². The van der Waals surface area contributed by atoms with Crippen molar-refractivity contribution in [3.8, 4) is 11.5 Å². The zero-order valence-electron chi connectivity index (χ0n) is 14.7. The predicted molar refractivity (Wildman–Crippen MR) is 94.8 cm³/mol. The van der Waals surface area contributed by atoms with Gasteiger partial charge in [0, 0.05) is 13.2 Å². The molecule has 1 aliphatic rings. The summed E-state index contributed by atoms with van der Waals surface area (Å²) in [5.74, 6) is 0.191. The number of hydrogen-bond donors (Lipinski definition) is 5. The number of rotatable bonds is 5. The number of amides is 1. The number of H-pyrrole nitrogens is 1. The smallest absolute Gasteiger partial charge is 0.213 e. The lowest BCUT2D eigenvalue weighted by atomic mass is 10.1. The van der Waals surface area contributed by atoms with E-state index in [1.807, 2.05) is 0 Å². The number of aromatic nitrogens is 6. The van der Waals surface area contributed by atoms with Gasteiger partial charge in [-0.15, -0.1) is 0 Å². The highest BCUT2D eigenvalue weighted by Gasteiger charge is 2.44. The molecule has 0 bridgehead atoms. The van der Waals surface area contributed by atoms with Gasteiger partial charge in [0.05, 0.1) is 18.6 Å². The SMILES string of the molecule is CN(C=O)c1c[nH]nc1-c1nc(N)c2ncn([C@@H]3O[C@H](CO)[C@@H](O)[C@H]3O)c2n1. The Morgan fingerprint density at radius 3 is 2.86 bits per heavy atom. The van der Waals surface area contributed by atoms with E-state index >= 15 is 0 Å².